The summed E-state index contributed by atoms with van der Waals surface area (Å²) in [7, 11) is -3.65. The van der Waals surface area contributed by atoms with Crippen LogP contribution in [0.5, 0.6) is 0 Å². The standard InChI is InChI=1S/C19H30ClN5O2S/c1-6-18(22-21-15(2)3)19(4,5)23-28(26,27)25-13-11-24(12-14-25)17-9-7-16(20)8-10-17/h6-10,15,23H,11-14H2,1-5H3/b18-6-,22-21-. The fraction of sp³-hybridized carbons (Fsp3) is 0.579. The first kappa shape index (κ1) is 22.8. The molecule has 1 heterocycles. The Balaban J connectivity index is 2.04. The summed E-state index contributed by atoms with van der Waals surface area (Å²) < 4.78 is 30.1. The van der Waals surface area contributed by atoms with Gasteiger partial charge in [0.2, 0.25) is 0 Å². The lowest BCUT2D eigenvalue weighted by Gasteiger charge is -2.37. The Morgan fingerprint density at radius 3 is 2.25 bits per heavy atom. The number of halogens is 1. The van der Waals surface area contributed by atoms with Gasteiger partial charge in [-0.1, -0.05) is 17.7 Å². The lowest BCUT2D eigenvalue weighted by Crippen LogP contribution is -2.56. The van der Waals surface area contributed by atoms with Crippen LogP contribution in [0.4, 0.5) is 5.69 Å². The molecule has 1 fully saturated rings. The Morgan fingerprint density at radius 2 is 1.75 bits per heavy atom. The molecule has 0 amide bonds. The van der Waals surface area contributed by atoms with Gasteiger partial charge in [0, 0.05) is 36.9 Å². The second kappa shape index (κ2) is 9.35. The molecule has 28 heavy (non-hydrogen) atoms. The fourth-order valence-electron chi connectivity index (χ4n) is 3.00. The van der Waals surface area contributed by atoms with E-state index in [4.69, 9.17) is 11.6 Å². The molecule has 0 spiro atoms. The molecule has 0 unspecified atom stereocenters. The van der Waals surface area contributed by atoms with E-state index in [1.807, 2.05) is 45.0 Å². The van der Waals surface area contributed by atoms with Gasteiger partial charge in [0.25, 0.3) is 10.2 Å². The summed E-state index contributed by atoms with van der Waals surface area (Å²) >= 11 is 5.94. The number of nitrogens with zero attached hydrogens (tertiary/aromatic N) is 4. The number of azo groups is 1. The van der Waals surface area contributed by atoms with Gasteiger partial charge >= 0.3 is 0 Å². The fourth-order valence-corrected chi connectivity index (χ4v) is 4.65. The number of nitrogens with one attached hydrogen (secondary N) is 1. The second-order valence-corrected chi connectivity index (χ2v) is 9.68. The topological polar surface area (TPSA) is 77.4 Å². The molecule has 1 N–H and O–H groups in total. The van der Waals surface area contributed by atoms with E-state index in [9.17, 15) is 8.42 Å². The Morgan fingerprint density at radius 1 is 1.18 bits per heavy atom. The van der Waals surface area contributed by atoms with E-state index < -0.39 is 15.7 Å². The number of allylic oxidation sites excluding steroid dienone is 1. The monoisotopic (exact) mass is 427 g/mol. The number of hydrogen-bond acceptors (Lipinski definition) is 5. The minimum Gasteiger partial charge on any atom is -0.369 e. The summed E-state index contributed by atoms with van der Waals surface area (Å²) in [6, 6.07) is 7.63. The van der Waals surface area contributed by atoms with E-state index in [1.54, 1.807) is 19.9 Å². The van der Waals surface area contributed by atoms with Crippen molar-refractivity contribution in [1.29, 1.82) is 0 Å². The molecule has 0 radical (unpaired) electrons. The van der Waals surface area contributed by atoms with Crippen molar-refractivity contribution in [3.63, 3.8) is 0 Å². The number of piperazine rings is 1. The third-order valence-corrected chi connectivity index (χ3v) is 6.53. The molecule has 9 heteroatoms. The van der Waals surface area contributed by atoms with Crippen LogP contribution in [0.2, 0.25) is 5.02 Å². The van der Waals surface area contributed by atoms with E-state index in [2.05, 4.69) is 19.9 Å². The average Bonchev–Trinajstić information content (AvgIpc) is 2.61. The minimum atomic E-state index is -3.65. The Hall–Kier alpha value is -1.48. The van der Waals surface area contributed by atoms with Gasteiger partial charge in [-0.2, -0.15) is 27.7 Å². The first-order valence-electron chi connectivity index (χ1n) is 9.42. The normalized spacial score (nSPS) is 17.7. The molecule has 2 rings (SSSR count). The largest absolute Gasteiger partial charge is 0.369 e. The molecule has 7 nitrogen and oxygen atoms in total. The van der Waals surface area contributed by atoms with Gasteiger partial charge in [-0.3, -0.25) is 0 Å². The Kier molecular flexibility index (Phi) is 7.61. The minimum absolute atomic E-state index is 0.0447. The Bertz CT molecular complexity index is 811. The molecule has 1 aliphatic rings. The van der Waals surface area contributed by atoms with Crippen LogP contribution in [0.25, 0.3) is 0 Å². The van der Waals surface area contributed by atoms with Crippen LogP contribution in [0, 0.1) is 0 Å². The van der Waals surface area contributed by atoms with Gasteiger partial charge in [-0.05, 0) is 58.9 Å². The maximum Gasteiger partial charge on any atom is 0.280 e. The zero-order chi connectivity index (χ0) is 20.9. The third-order valence-electron chi connectivity index (χ3n) is 4.46. The third kappa shape index (κ3) is 6.01. The molecular formula is C19H30ClN5O2S. The number of anilines is 1. The highest BCUT2D eigenvalue weighted by molar-refractivity contribution is 7.87. The molecular weight excluding hydrogens is 398 g/mol. The molecule has 1 aromatic rings. The van der Waals surface area contributed by atoms with Gasteiger partial charge in [0.1, 0.15) is 0 Å². The summed E-state index contributed by atoms with van der Waals surface area (Å²) in [5.41, 5.74) is 0.767. The molecule has 1 aliphatic heterocycles. The zero-order valence-corrected chi connectivity index (χ0v) is 18.8. The van der Waals surface area contributed by atoms with Crippen LogP contribution in [-0.2, 0) is 10.2 Å². The molecule has 0 saturated carbocycles. The van der Waals surface area contributed by atoms with E-state index >= 15 is 0 Å². The quantitative estimate of drug-likeness (QED) is 0.671. The molecule has 0 atom stereocenters. The van der Waals surface area contributed by atoms with Gasteiger partial charge < -0.3 is 4.90 Å². The van der Waals surface area contributed by atoms with Crippen LogP contribution >= 0.6 is 11.6 Å². The smallest absolute Gasteiger partial charge is 0.280 e. The van der Waals surface area contributed by atoms with Crippen LogP contribution in [0.15, 0.2) is 46.3 Å². The summed E-state index contributed by atoms with van der Waals surface area (Å²) in [6.07, 6.45) is 1.78. The Labute approximate surface area is 173 Å². The van der Waals surface area contributed by atoms with Gasteiger partial charge in [0.15, 0.2) is 0 Å². The average molecular weight is 428 g/mol. The molecule has 1 saturated heterocycles. The first-order valence-corrected chi connectivity index (χ1v) is 11.2. The van der Waals surface area contributed by atoms with Crippen molar-refractivity contribution >= 4 is 27.5 Å². The summed E-state index contributed by atoms with van der Waals surface area (Å²) in [4.78, 5) is 2.15. The molecule has 0 aromatic heterocycles. The zero-order valence-electron chi connectivity index (χ0n) is 17.2. The van der Waals surface area contributed by atoms with E-state index in [1.165, 1.54) is 4.31 Å². The lowest BCUT2D eigenvalue weighted by molar-refractivity contribution is 0.366. The van der Waals surface area contributed by atoms with Crippen molar-refractivity contribution in [2.24, 2.45) is 10.2 Å². The van der Waals surface area contributed by atoms with Gasteiger partial charge in [-0.25, -0.2) is 0 Å². The predicted molar refractivity (Wildman–Crippen MR) is 115 cm³/mol. The van der Waals surface area contributed by atoms with Gasteiger partial charge in [-0.15, -0.1) is 0 Å². The molecule has 156 valence electrons. The van der Waals surface area contributed by atoms with Crippen LogP contribution in [-0.4, -0.2) is 50.5 Å². The van der Waals surface area contributed by atoms with E-state index in [0.717, 1.165) is 5.69 Å². The van der Waals surface area contributed by atoms with Crippen molar-refractivity contribution in [1.82, 2.24) is 9.03 Å². The maximum absolute atomic E-state index is 12.9. The number of hydrogen-bond donors (Lipinski definition) is 1. The van der Waals surface area contributed by atoms with Crippen molar-refractivity contribution in [2.45, 2.75) is 46.2 Å². The summed E-state index contributed by atoms with van der Waals surface area (Å²) in [6.45, 7) is 11.3. The lowest BCUT2D eigenvalue weighted by atomic mass is 10.0. The van der Waals surface area contributed by atoms with Gasteiger partial charge in [0.05, 0.1) is 17.3 Å². The van der Waals surface area contributed by atoms with Crippen molar-refractivity contribution in [3.05, 3.63) is 41.1 Å². The maximum atomic E-state index is 12.9. The molecule has 0 bridgehead atoms. The molecule has 1 aromatic carbocycles. The number of rotatable bonds is 7. The summed E-state index contributed by atoms with van der Waals surface area (Å²) in [5.74, 6) is 0. The van der Waals surface area contributed by atoms with Crippen molar-refractivity contribution in [2.75, 3.05) is 31.1 Å². The first-order chi connectivity index (χ1) is 13.0. The van der Waals surface area contributed by atoms with Crippen LogP contribution < -0.4 is 9.62 Å². The number of benzene rings is 1. The summed E-state index contributed by atoms with van der Waals surface area (Å²) in [5, 5.41) is 9.06. The predicted octanol–water partition coefficient (Wildman–Crippen LogP) is 3.84. The van der Waals surface area contributed by atoms with E-state index in [-0.39, 0.29) is 6.04 Å². The van der Waals surface area contributed by atoms with Crippen molar-refractivity contribution < 1.29 is 8.42 Å². The molecule has 0 aliphatic carbocycles. The highest BCUT2D eigenvalue weighted by Crippen LogP contribution is 2.23. The SMILES string of the molecule is C/C=C(\N=N/C(C)C)C(C)(C)NS(=O)(=O)N1CCN(c2ccc(Cl)cc2)CC1. The van der Waals surface area contributed by atoms with E-state index in [0.29, 0.717) is 36.9 Å². The highest BCUT2D eigenvalue weighted by atomic mass is 35.5. The highest BCUT2D eigenvalue weighted by Gasteiger charge is 2.34. The van der Waals surface area contributed by atoms with Crippen LogP contribution in [0.3, 0.4) is 0 Å². The second-order valence-electron chi connectivity index (χ2n) is 7.58. The van der Waals surface area contributed by atoms with Crippen molar-refractivity contribution in [3.8, 4) is 0 Å². The van der Waals surface area contributed by atoms with Crippen LogP contribution in [0.1, 0.15) is 34.6 Å².